The van der Waals surface area contributed by atoms with E-state index in [9.17, 15) is 4.79 Å². The van der Waals surface area contributed by atoms with Crippen molar-refractivity contribution < 1.29 is 9.53 Å². The van der Waals surface area contributed by atoms with E-state index in [1.54, 1.807) is 6.33 Å². The second-order valence-electron chi connectivity index (χ2n) is 8.29. The Bertz CT molecular complexity index is 1090. The Kier molecular flexibility index (Phi) is 6.41. The summed E-state index contributed by atoms with van der Waals surface area (Å²) >= 11 is 0. The normalized spacial score (nSPS) is 15.8. The molecule has 7 nitrogen and oxygen atoms in total. The first kappa shape index (κ1) is 21.4. The average molecular weight is 430 g/mol. The Labute approximate surface area is 188 Å². The first-order valence-corrected chi connectivity index (χ1v) is 10.8. The molecule has 0 unspecified atom stereocenters. The average Bonchev–Trinajstić information content (AvgIpc) is 3.24. The van der Waals surface area contributed by atoms with E-state index in [0.29, 0.717) is 31.7 Å². The lowest BCUT2D eigenvalue weighted by atomic mass is 10.0. The van der Waals surface area contributed by atoms with Crippen LogP contribution < -0.4 is 4.90 Å². The Balaban J connectivity index is 1.74. The molecule has 1 aliphatic heterocycles. The third-order valence-corrected chi connectivity index (χ3v) is 5.55. The van der Waals surface area contributed by atoms with Gasteiger partial charge >= 0.3 is 6.09 Å². The predicted octanol–water partition coefficient (Wildman–Crippen LogP) is 4.94. The van der Waals surface area contributed by atoms with Crippen molar-refractivity contribution in [1.29, 1.82) is 0 Å². The van der Waals surface area contributed by atoms with Crippen LogP contribution >= 0.6 is 0 Å². The van der Waals surface area contributed by atoms with E-state index in [1.165, 1.54) is 0 Å². The third kappa shape index (κ3) is 4.92. The molecule has 2 heterocycles. The number of nitrogens with zero attached hydrogens (tertiary/aromatic N) is 4. The van der Waals surface area contributed by atoms with Crippen LogP contribution in [0, 0.1) is 6.57 Å². The molecule has 7 heteroatoms. The summed E-state index contributed by atoms with van der Waals surface area (Å²) in [7, 11) is 0. The van der Waals surface area contributed by atoms with Gasteiger partial charge in [-0.15, -0.1) is 0 Å². The summed E-state index contributed by atoms with van der Waals surface area (Å²) in [5, 5.41) is 0. The van der Waals surface area contributed by atoms with Crippen LogP contribution in [0.15, 0.2) is 61.1 Å². The van der Waals surface area contributed by atoms with Crippen molar-refractivity contribution in [2.45, 2.75) is 45.5 Å². The summed E-state index contributed by atoms with van der Waals surface area (Å²) < 4.78 is 5.62. The molecule has 0 radical (unpaired) electrons. The molecule has 2 aromatic carbocycles. The molecule has 0 aliphatic carbocycles. The molecule has 0 saturated carbocycles. The standard InChI is InChI=1S/C25H27N5O2/c1-18(2)32-25(31)30-14-20-12-21(26-3)9-10-24(20)29(15-22-13-27-17-28-22)16-23(30)11-19-7-5-4-6-8-19/h4-10,12-13,17-18,23H,11,14-16H2,1-2H3,(H,27,28)/t23-/m1/s1. The number of ether oxygens (including phenoxy) is 1. The van der Waals surface area contributed by atoms with Crippen LogP contribution in [0.25, 0.3) is 4.85 Å². The van der Waals surface area contributed by atoms with Crippen LogP contribution in [-0.2, 0) is 24.2 Å². The number of benzene rings is 2. The van der Waals surface area contributed by atoms with Crippen LogP contribution in [0.1, 0.15) is 30.7 Å². The molecule has 0 saturated heterocycles. The molecule has 4 rings (SSSR count). The molecule has 0 fully saturated rings. The van der Waals surface area contributed by atoms with Crippen LogP contribution in [0.3, 0.4) is 0 Å². The summed E-state index contributed by atoms with van der Waals surface area (Å²) in [6.45, 7) is 12.8. The number of imidazole rings is 1. The molecular formula is C25H27N5O2. The highest BCUT2D eigenvalue weighted by atomic mass is 16.6. The largest absolute Gasteiger partial charge is 0.447 e. The van der Waals surface area contributed by atoms with Crippen molar-refractivity contribution in [2.75, 3.05) is 11.4 Å². The van der Waals surface area contributed by atoms with E-state index in [2.05, 4.69) is 31.8 Å². The smallest absolute Gasteiger partial charge is 0.410 e. The lowest BCUT2D eigenvalue weighted by Crippen LogP contribution is -2.46. The van der Waals surface area contributed by atoms with Gasteiger partial charge in [-0.05, 0) is 43.5 Å². The molecule has 32 heavy (non-hydrogen) atoms. The number of H-pyrrole nitrogens is 1. The number of aromatic nitrogens is 2. The number of carbonyl (C=O) groups excluding carboxylic acids is 1. The van der Waals surface area contributed by atoms with Gasteiger partial charge in [0.1, 0.15) is 0 Å². The molecule has 1 atom stereocenters. The van der Waals surface area contributed by atoms with Gasteiger partial charge in [-0.25, -0.2) is 14.6 Å². The molecule has 1 aliphatic rings. The summed E-state index contributed by atoms with van der Waals surface area (Å²) in [5.74, 6) is 0. The molecule has 1 amide bonds. The third-order valence-electron chi connectivity index (χ3n) is 5.55. The topological polar surface area (TPSA) is 65.8 Å². The number of carbonyl (C=O) groups is 1. The van der Waals surface area contributed by atoms with Gasteiger partial charge in [-0.2, -0.15) is 0 Å². The SMILES string of the molecule is [C-]#[N+]c1ccc2c(c1)CN(C(=O)OC(C)C)[C@H](Cc1ccccc1)CN2Cc1cnc[nH]1. The fourth-order valence-electron chi connectivity index (χ4n) is 4.11. The van der Waals surface area contributed by atoms with E-state index >= 15 is 0 Å². The number of nitrogens with one attached hydrogen (secondary N) is 1. The Morgan fingerprint density at radius 1 is 1.28 bits per heavy atom. The molecule has 3 aromatic rings. The summed E-state index contributed by atoms with van der Waals surface area (Å²) in [6, 6.07) is 15.8. The van der Waals surface area contributed by atoms with Crippen LogP contribution in [0.2, 0.25) is 0 Å². The molecule has 164 valence electrons. The van der Waals surface area contributed by atoms with E-state index < -0.39 is 0 Å². The number of fused-ring (bicyclic) bond motifs is 1. The highest BCUT2D eigenvalue weighted by Crippen LogP contribution is 2.33. The monoisotopic (exact) mass is 429 g/mol. The first-order valence-electron chi connectivity index (χ1n) is 10.8. The number of aromatic amines is 1. The van der Waals surface area contributed by atoms with Gasteiger partial charge in [0.2, 0.25) is 0 Å². The van der Waals surface area contributed by atoms with Crippen molar-refractivity contribution in [1.82, 2.24) is 14.9 Å². The van der Waals surface area contributed by atoms with Crippen molar-refractivity contribution in [2.24, 2.45) is 0 Å². The van der Waals surface area contributed by atoms with E-state index in [0.717, 1.165) is 22.5 Å². The maximum absolute atomic E-state index is 13.2. The summed E-state index contributed by atoms with van der Waals surface area (Å²) in [5.41, 5.74) is 4.67. The van der Waals surface area contributed by atoms with Gasteiger partial charge in [-0.3, -0.25) is 4.90 Å². The van der Waals surface area contributed by atoms with Gasteiger partial charge in [0.15, 0.2) is 5.69 Å². The van der Waals surface area contributed by atoms with Gasteiger partial charge in [0.05, 0.1) is 43.8 Å². The van der Waals surface area contributed by atoms with Crippen molar-refractivity contribution in [3.05, 3.63) is 89.3 Å². The molecule has 1 aromatic heterocycles. The number of hydrogen-bond acceptors (Lipinski definition) is 4. The molecule has 1 N–H and O–H groups in total. The zero-order valence-electron chi connectivity index (χ0n) is 18.4. The molecular weight excluding hydrogens is 402 g/mol. The Morgan fingerprint density at radius 2 is 2.09 bits per heavy atom. The fourth-order valence-corrected chi connectivity index (χ4v) is 4.11. The lowest BCUT2D eigenvalue weighted by molar-refractivity contribution is 0.0619. The molecule has 0 spiro atoms. The zero-order valence-corrected chi connectivity index (χ0v) is 18.4. The van der Waals surface area contributed by atoms with Crippen LogP contribution in [-0.4, -0.2) is 39.7 Å². The van der Waals surface area contributed by atoms with Gasteiger partial charge in [0, 0.05) is 18.4 Å². The van der Waals surface area contributed by atoms with E-state index in [-0.39, 0.29) is 18.2 Å². The maximum atomic E-state index is 13.2. The maximum Gasteiger partial charge on any atom is 0.410 e. The Hall–Kier alpha value is -3.79. The van der Waals surface area contributed by atoms with E-state index in [4.69, 9.17) is 11.3 Å². The highest BCUT2D eigenvalue weighted by Gasteiger charge is 2.32. The number of hydrogen-bond donors (Lipinski definition) is 1. The van der Waals surface area contributed by atoms with Crippen molar-refractivity contribution in [3.8, 4) is 0 Å². The first-order chi connectivity index (χ1) is 15.5. The van der Waals surface area contributed by atoms with Gasteiger partial charge in [-0.1, -0.05) is 36.4 Å². The fraction of sp³-hybridized carbons (Fsp3) is 0.320. The lowest BCUT2D eigenvalue weighted by Gasteiger charge is -2.32. The summed E-state index contributed by atoms with van der Waals surface area (Å²) in [4.78, 5) is 28.1. The van der Waals surface area contributed by atoms with Gasteiger partial charge in [0.25, 0.3) is 0 Å². The highest BCUT2D eigenvalue weighted by molar-refractivity contribution is 5.71. The van der Waals surface area contributed by atoms with Gasteiger partial charge < -0.3 is 14.6 Å². The van der Waals surface area contributed by atoms with Crippen LogP contribution in [0.5, 0.6) is 0 Å². The quantitative estimate of drug-likeness (QED) is 0.584. The predicted molar refractivity (Wildman–Crippen MR) is 123 cm³/mol. The number of amides is 1. The van der Waals surface area contributed by atoms with E-state index in [1.807, 2.05) is 61.3 Å². The number of rotatable bonds is 5. The molecule has 0 bridgehead atoms. The second-order valence-corrected chi connectivity index (χ2v) is 8.29. The Morgan fingerprint density at radius 3 is 2.78 bits per heavy atom. The minimum absolute atomic E-state index is 0.102. The summed E-state index contributed by atoms with van der Waals surface area (Å²) in [6.07, 6.45) is 3.65. The second kappa shape index (κ2) is 9.56. The van der Waals surface area contributed by atoms with Crippen molar-refractivity contribution >= 4 is 17.5 Å². The zero-order chi connectivity index (χ0) is 22.5. The van der Waals surface area contributed by atoms with Crippen LogP contribution in [0.4, 0.5) is 16.2 Å². The van der Waals surface area contributed by atoms with Crippen molar-refractivity contribution in [3.63, 3.8) is 0 Å². The minimum atomic E-state index is -0.330. The minimum Gasteiger partial charge on any atom is -0.447 e. The number of anilines is 1.